The molecule has 0 aliphatic rings. The molecular formula is C81H64N4OPt-2. The molecule has 87 heavy (non-hydrogen) atoms. The zero-order valence-corrected chi connectivity index (χ0v) is 49.8. The fourth-order valence-electron chi connectivity index (χ4n) is 10.5. The van der Waals surface area contributed by atoms with Crippen molar-refractivity contribution in [1.82, 2.24) is 14.1 Å². The molecule has 0 radical (unpaired) electrons. The molecule has 0 aliphatic carbocycles. The summed E-state index contributed by atoms with van der Waals surface area (Å²) < 4.78 is 248. The number of fused-ring (bicyclic) bond motifs is 4. The second-order valence-corrected chi connectivity index (χ2v) is 22.5. The predicted octanol–water partition coefficient (Wildman–Crippen LogP) is 20.5. The topological polar surface area (TPSA) is 35.9 Å². The van der Waals surface area contributed by atoms with E-state index in [0.29, 0.717) is 38.4 Å². The zero-order chi connectivity index (χ0) is 81.2. The number of hydrogen-bond acceptors (Lipinski definition) is 2. The minimum absolute atomic E-state index is 0. The molecule has 11 aromatic carbocycles. The molecule has 0 amide bonds. The summed E-state index contributed by atoms with van der Waals surface area (Å²) in [6.45, 7) is 8.75. The van der Waals surface area contributed by atoms with Crippen molar-refractivity contribution in [1.29, 1.82) is 0 Å². The number of pyridine rings is 1. The van der Waals surface area contributed by atoms with E-state index < -0.39 is 179 Å². The number of benzene rings is 11. The van der Waals surface area contributed by atoms with Crippen LogP contribution >= 0.6 is 0 Å². The summed E-state index contributed by atoms with van der Waals surface area (Å²) in [6.07, 6.45) is 4.65. The molecule has 0 saturated carbocycles. The maximum Gasteiger partial charge on any atom is 0.268 e. The third-order valence-electron chi connectivity index (χ3n) is 14.9. The van der Waals surface area contributed by atoms with E-state index in [2.05, 4.69) is 39.2 Å². The third kappa shape index (κ3) is 10.9. The Bertz CT molecular complexity index is 6200. The van der Waals surface area contributed by atoms with Crippen molar-refractivity contribution >= 4 is 32.8 Å². The molecule has 0 fully saturated rings. The summed E-state index contributed by atoms with van der Waals surface area (Å²) >= 11 is 0. The minimum atomic E-state index is -2.90. The monoisotopic (exact) mass is 1330 g/mol. The van der Waals surface area contributed by atoms with Crippen LogP contribution in [0.3, 0.4) is 0 Å². The fraction of sp³-hybridized carbons (Fsp3) is 0.111. The molecule has 3 aromatic heterocycles. The quantitative estimate of drug-likeness (QED) is 0.0956. The van der Waals surface area contributed by atoms with Gasteiger partial charge in [0.25, 0.3) is 6.33 Å². The largest absolute Gasteiger partial charge is 0.510 e. The van der Waals surface area contributed by atoms with Crippen LogP contribution in [0.15, 0.2) is 260 Å². The smallest absolute Gasteiger partial charge is 0.268 e. The number of para-hydroxylation sites is 1. The molecule has 5 nitrogen and oxygen atoms in total. The molecule has 0 bridgehead atoms. The Hall–Kier alpha value is -9.67. The summed E-state index contributed by atoms with van der Waals surface area (Å²) in [5.74, 6) is 0.272. The zero-order valence-electron chi connectivity index (χ0n) is 73.6. The van der Waals surface area contributed by atoms with E-state index in [1.54, 1.807) is 90.6 Å². The Balaban J connectivity index is 0.0000112. The average molecular weight is 1330 g/mol. The second-order valence-electron chi connectivity index (χ2n) is 22.5. The summed E-state index contributed by atoms with van der Waals surface area (Å²) in [5.41, 5.74) is -1.81. The van der Waals surface area contributed by atoms with Crippen LogP contribution in [0.4, 0.5) is 0 Å². The first kappa shape index (κ1) is 33.9. The molecular weight excluding hydrogens is 1240 g/mol. The average Bonchev–Trinajstić information content (AvgIpc) is 1.71. The summed E-state index contributed by atoms with van der Waals surface area (Å²) in [4.78, 5) is 4.70. The normalized spacial score (nSPS) is 16.1. The summed E-state index contributed by atoms with van der Waals surface area (Å²) in [6, 6.07) is 22.0. The molecule has 0 saturated heterocycles. The first-order valence-corrected chi connectivity index (χ1v) is 27.5. The molecule has 14 rings (SSSR count). The number of aromatic nitrogens is 4. The maximum atomic E-state index is 10.5. The molecule has 6 heteroatoms. The Labute approximate surface area is 561 Å². The van der Waals surface area contributed by atoms with Gasteiger partial charge in [0.05, 0.1) is 48.2 Å². The Morgan fingerprint density at radius 3 is 1.69 bits per heavy atom. The molecule has 0 unspecified atom stereocenters. The molecule has 0 spiro atoms. The fourth-order valence-corrected chi connectivity index (χ4v) is 10.5. The Morgan fingerprint density at radius 1 is 0.483 bits per heavy atom. The van der Waals surface area contributed by atoms with Gasteiger partial charge in [-0.2, -0.15) is 18.2 Å². The SMILES string of the molecule is [2H]c1c([2H])c([2H])c(-c2cnc(-n3c4[c-]c(Oc5[c-]c(-n6[c-][n+](-c7c(-c8c([2H])c([2H])c([2H])c([2H])c8[2H])cc(C(C)(C)C)cc7-c7c([2H])c(-c8c([2H])c([2H])c([2H])c([2H])c8[2H])c([2H])c(-c8c([2H])c([2H])c([2H])c([2H])c8[2H])c7[2H])c7ccc(-c8ccc(C(C)(C)C)cc8)cc76)ccc5)ccc4c4ccccc43)cc2C([2H])([2H])[2H])c([2H])c1[2H].[Pt]. The van der Waals surface area contributed by atoms with Crippen molar-refractivity contribution in [3.8, 4) is 95.5 Å². The molecule has 3 heterocycles. The molecule has 0 aliphatic heterocycles. The Kier molecular flexibility index (Phi) is 8.94. The maximum absolute atomic E-state index is 10.5. The predicted molar refractivity (Wildman–Crippen MR) is 355 cm³/mol. The van der Waals surface area contributed by atoms with E-state index in [4.69, 9.17) is 33.0 Å². The molecule has 0 N–H and O–H groups in total. The molecule has 426 valence electrons. The number of ether oxygens (including phenoxy) is 1. The number of nitrogens with zero attached hydrogens (tertiary/aromatic N) is 4. The van der Waals surface area contributed by atoms with Crippen molar-refractivity contribution < 1.29 is 66.0 Å². The third-order valence-corrected chi connectivity index (χ3v) is 14.9. The van der Waals surface area contributed by atoms with Crippen molar-refractivity contribution in [2.24, 2.45) is 0 Å². The van der Waals surface area contributed by atoms with Crippen LogP contribution in [0, 0.1) is 25.3 Å². The van der Waals surface area contributed by atoms with Crippen molar-refractivity contribution in [3.05, 3.63) is 296 Å². The van der Waals surface area contributed by atoms with E-state index in [-0.39, 0.29) is 94.1 Å². The van der Waals surface area contributed by atoms with Gasteiger partial charge in [-0.1, -0.05) is 235 Å². The minimum Gasteiger partial charge on any atom is -0.510 e. The number of hydrogen-bond donors (Lipinski definition) is 0. The number of aryl methyl sites for hydroxylation is 1. The standard InChI is InChI=1S/C81H64N4O.Pt/c1-54-43-78(82-52-73(54)59-29-18-11-19-30-59)85-74-34-21-20-33-69(74)70-41-40-68(51-76(70)85)86-67-32-22-31-66(50-67)83-53-84(75-42-37-60(47-77(75)83)57-35-38-64(39-36-57)80(2,3)4)79-71(58-27-16-10-17-28-58)48-65(81(5,6)7)49-72(79)63-45-61(55-23-12-8-13-24-55)44-62(46-63)56-25-14-9-15-26-56;/h8-49,52H,1-7H3;/q-2;/i1D3,8D,9D,10D,11D,12D,13D,14D,15D,16D,17D,18D,19D,23D,24D,25D,26D,27D,28D,29D,30D,44D,45D,46D;. The van der Waals surface area contributed by atoms with Gasteiger partial charge in [0.1, 0.15) is 5.82 Å². The van der Waals surface area contributed by atoms with Crippen molar-refractivity contribution in [2.75, 3.05) is 0 Å². The van der Waals surface area contributed by atoms with Crippen molar-refractivity contribution in [3.63, 3.8) is 0 Å². The van der Waals surface area contributed by atoms with E-state index in [9.17, 15) is 12.3 Å². The van der Waals surface area contributed by atoms with E-state index >= 15 is 0 Å². The Morgan fingerprint density at radius 2 is 1.06 bits per heavy atom. The number of imidazole rings is 1. The van der Waals surface area contributed by atoms with Gasteiger partial charge in [0.15, 0.2) is 0 Å². The van der Waals surface area contributed by atoms with Gasteiger partial charge in [0, 0.05) is 54.0 Å². The van der Waals surface area contributed by atoms with Gasteiger partial charge in [-0.05, 0) is 143 Å². The van der Waals surface area contributed by atoms with Crippen LogP contribution in [0.2, 0.25) is 0 Å². The first-order chi connectivity index (χ1) is 52.6. The van der Waals surface area contributed by atoms with Gasteiger partial charge in [-0.3, -0.25) is 4.57 Å². The van der Waals surface area contributed by atoms with Crippen LogP contribution in [-0.2, 0) is 31.9 Å². The van der Waals surface area contributed by atoms with E-state index in [1.165, 1.54) is 16.8 Å². The van der Waals surface area contributed by atoms with Gasteiger partial charge >= 0.3 is 0 Å². The van der Waals surface area contributed by atoms with Gasteiger partial charge in [0.2, 0.25) is 0 Å². The van der Waals surface area contributed by atoms with Crippen LogP contribution in [0.5, 0.6) is 11.5 Å². The van der Waals surface area contributed by atoms with Gasteiger partial charge < -0.3 is 13.9 Å². The molecule has 0 atom stereocenters. The van der Waals surface area contributed by atoms with Crippen LogP contribution in [0.1, 0.15) is 93.9 Å². The first-order valence-electron chi connectivity index (χ1n) is 40.5. The van der Waals surface area contributed by atoms with Crippen LogP contribution in [0.25, 0.3) is 117 Å². The summed E-state index contributed by atoms with van der Waals surface area (Å²) in [5, 5.41) is 1.34. The van der Waals surface area contributed by atoms with E-state index in [0.717, 1.165) is 11.1 Å². The summed E-state index contributed by atoms with van der Waals surface area (Å²) in [7, 11) is 0. The van der Waals surface area contributed by atoms with E-state index in [1.807, 2.05) is 48.5 Å². The van der Waals surface area contributed by atoms with Crippen LogP contribution in [-0.4, -0.2) is 14.1 Å². The van der Waals surface area contributed by atoms with Crippen molar-refractivity contribution in [2.45, 2.75) is 59.2 Å². The van der Waals surface area contributed by atoms with Crippen LogP contribution < -0.4 is 9.30 Å². The second kappa shape index (κ2) is 23.0. The molecule has 14 aromatic rings. The number of rotatable bonds is 11. The van der Waals surface area contributed by atoms with Gasteiger partial charge in [-0.25, -0.2) is 4.98 Å². The van der Waals surface area contributed by atoms with Gasteiger partial charge in [-0.15, -0.1) is 29.7 Å².